The Kier molecular flexibility index (Phi) is 6.36. The third-order valence-corrected chi connectivity index (χ3v) is 5.01. The SMILES string of the molecule is CCCCc1ccc([C@H]2CC[C@@](C=C(F)C#N)(OC)CC2)cc1. The predicted molar refractivity (Wildman–Crippen MR) is 90.8 cm³/mol. The van der Waals surface area contributed by atoms with Crippen molar-refractivity contribution in [3.63, 3.8) is 0 Å². The Morgan fingerprint density at radius 3 is 2.52 bits per heavy atom. The summed E-state index contributed by atoms with van der Waals surface area (Å²) in [7, 11) is 1.60. The summed E-state index contributed by atoms with van der Waals surface area (Å²) in [5.41, 5.74) is 2.15. The maximum atomic E-state index is 13.3. The Balaban J connectivity index is 1.99. The lowest BCUT2D eigenvalue weighted by Crippen LogP contribution is -2.34. The highest BCUT2D eigenvalue weighted by atomic mass is 19.1. The van der Waals surface area contributed by atoms with E-state index in [-0.39, 0.29) is 0 Å². The maximum absolute atomic E-state index is 13.3. The number of ether oxygens (including phenoxy) is 1. The summed E-state index contributed by atoms with van der Waals surface area (Å²) in [5.74, 6) is -0.248. The summed E-state index contributed by atoms with van der Waals surface area (Å²) in [6.07, 6.45) is 8.37. The molecule has 1 aliphatic rings. The van der Waals surface area contributed by atoms with Crippen LogP contribution in [0.4, 0.5) is 4.39 Å². The first-order valence-electron chi connectivity index (χ1n) is 8.55. The molecule has 0 radical (unpaired) electrons. The van der Waals surface area contributed by atoms with E-state index in [1.165, 1.54) is 30.0 Å². The molecule has 1 fully saturated rings. The molecule has 1 saturated carbocycles. The summed E-state index contributed by atoms with van der Waals surface area (Å²) < 4.78 is 18.9. The largest absolute Gasteiger partial charge is 0.374 e. The van der Waals surface area contributed by atoms with E-state index in [9.17, 15) is 4.39 Å². The smallest absolute Gasteiger partial charge is 0.198 e. The van der Waals surface area contributed by atoms with Crippen molar-refractivity contribution in [1.29, 1.82) is 5.26 Å². The number of hydrogen-bond donors (Lipinski definition) is 0. The van der Waals surface area contributed by atoms with Gasteiger partial charge in [0, 0.05) is 7.11 Å². The van der Waals surface area contributed by atoms with Crippen LogP contribution in [0.2, 0.25) is 0 Å². The average molecular weight is 315 g/mol. The minimum Gasteiger partial charge on any atom is -0.374 e. The van der Waals surface area contributed by atoms with Crippen molar-refractivity contribution < 1.29 is 9.13 Å². The van der Waals surface area contributed by atoms with Gasteiger partial charge in [0.2, 0.25) is 0 Å². The fourth-order valence-corrected chi connectivity index (χ4v) is 3.45. The topological polar surface area (TPSA) is 33.0 Å². The minimum atomic E-state index is -0.745. The van der Waals surface area contributed by atoms with Gasteiger partial charge in [-0.3, -0.25) is 0 Å². The Morgan fingerprint density at radius 2 is 2.00 bits per heavy atom. The summed E-state index contributed by atoms with van der Waals surface area (Å²) in [5, 5.41) is 8.64. The van der Waals surface area contributed by atoms with Crippen LogP contribution in [0.5, 0.6) is 0 Å². The molecule has 0 aromatic heterocycles. The molecule has 3 heteroatoms. The molecule has 0 saturated heterocycles. The van der Waals surface area contributed by atoms with Crippen LogP contribution in [0.1, 0.15) is 62.5 Å². The van der Waals surface area contributed by atoms with Crippen molar-refractivity contribution in [2.24, 2.45) is 0 Å². The van der Waals surface area contributed by atoms with Gasteiger partial charge in [-0.25, -0.2) is 0 Å². The molecule has 0 aliphatic heterocycles. The first-order chi connectivity index (χ1) is 11.1. The zero-order valence-electron chi connectivity index (χ0n) is 14.1. The lowest BCUT2D eigenvalue weighted by molar-refractivity contribution is -0.00344. The zero-order chi connectivity index (χ0) is 16.7. The molecule has 1 aliphatic carbocycles. The number of halogens is 1. The number of allylic oxidation sites excluding steroid dienone is 1. The summed E-state index contributed by atoms with van der Waals surface area (Å²) in [6.45, 7) is 2.21. The van der Waals surface area contributed by atoms with Gasteiger partial charge in [-0.1, -0.05) is 37.6 Å². The third-order valence-electron chi connectivity index (χ3n) is 5.01. The number of aryl methyl sites for hydroxylation is 1. The number of hydrogen-bond acceptors (Lipinski definition) is 2. The van der Waals surface area contributed by atoms with Gasteiger partial charge < -0.3 is 4.74 Å². The highest BCUT2D eigenvalue weighted by Gasteiger charge is 2.34. The van der Waals surface area contributed by atoms with Crippen molar-refractivity contribution in [3.8, 4) is 6.07 Å². The summed E-state index contributed by atoms with van der Waals surface area (Å²) in [6, 6.07) is 10.5. The van der Waals surface area contributed by atoms with Gasteiger partial charge in [0.05, 0.1) is 5.60 Å². The predicted octanol–water partition coefficient (Wildman–Crippen LogP) is 5.45. The van der Waals surface area contributed by atoms with Crippen molar-refractivity contribution in [2.75, 3.05) is 7.11 Å². The number of nitriles is 1. The molecule has 0 N–H and O–H groups in total. The number of methoxy groups -OCH3 is 1. The third kappa shape index (κ3) is 4.65. The molecular formula is C20H26FNO. The van der Waals surface area contributed by atoms with Gasteiger partial charge in [0.15, 0.2) is 5.83 Å². The Labute approximate surface area is 139 Å². The van der Waals surface area contributed by atoms with Crippen molar-refractivity contribution >= 4 is 0 Å². The van der Waals surface area contributed by atoms with E-state index in [1.54, 1.807) is 13.2 Å². The van der Waals surface area contributed by atoms with E-state index in [0.717, 1.165) is 32.1 Å². The number of rotatable bonds is 6. The molecule has 1 aromatic rings. The van der Waals surface area contributed by atoms with Crippen LogP contribution < -0.4 is 0 Å². The van der Waals surface area contributed by atoms with Gasteiger partial charge in [-0.2, -0.15) is 9.65 Å². The molecular weight excluding hydrogens is 289 g/mol. The molecule has 2 rings (SSSR count). The first-order valence-corrected chi connectivity index (χ1v) is 8.55. The van der Waals surface area contributed by atoms with Gasteiger partial charge in [0.1, 0.15) is 6.07 Å². The van der Waals surface area contributed by atoms with Gasteiger partial charge in [-0.05, 0) is 61.6 Å². The van der Waals surface area contributed by atoms with E-state index in [1.807, 2.05) is 0 Å². The van der Waals surface area contributed by atoms with Crippen LogP contribution in [-0.4, -0.2) is 12.7 Å². The Bertz CT molecular complexity index is 562. The maximum Gasteiger partial charge on any atom is 0.198 e. The van der Waals surface area contributed by atoms with Crippen LogP contribution in [0.3, 0.4) is 0 Å². The molecule has 1 aromatic carbocycles. The van der Waals surface area contributed by atoms with Crippen molar-refractivity contribution in [2.45, 2.75) is 63.4 Å². The van der Waals surface area contributed by atoms with E-state index < -0.39 is 11.4 Å². The van der Waals surface area contributed by atoms with E-state index in [0.29, 0.717) is 5.92 Å². The molecule has 2 nitrogen and oxygen atoms in total. The van der Waals surface area contributed by atoms with E-state index in [4.69, 9.17) is 10.00 Å². The second-order valence-electron chi connectivity index (χ2n) is 6.49. The Morgan fingerprint density at radius 1 is 1.35 bits per heavy atom. The lowest BCUT2D eigenvalue weighted by atomic mass is 9.75. The number of nitrogens with zero attached hydrogens (tertiary/aromatic N) is 1. The second kappa shape index (κ2) is 8.26. The lowest BCUT2D eigenvalue weighted by Gasteiger charge is -2.37. The van der Waals surface area contributed by atoms with Gasteiger partial charge in [0.25, 0.3) is 0 Å². The van der Waals surface area contributed by atoms with Crippen LogP contribution in [-0.2, 0) is 11.2 Å². The normalized spacial score (nSPS) is 25.1. The summed E-state index contributed by atoms with van der Waals surface area (Å²) in [4.78, 5) is 0. The highest BCUT2D eigenvalue weighted by Crippen LogP contribution is 2.41. The first kappa shape index (κ1) is 17.7. The standard InChI is InChI=1S/C20H26FNO/c1-3-4-5-16-6-8-17(9-7-16)18-10-12-20(23-2,13-11-18)14-19(21)15-22/h6-9,14,18H,3-5,10-13H2,1-2H3/t18-,20+. The monoisotopic (exact) mass is 315 g/mol. The molecule has 0 spiro atoms. The second-order valence-corrected chi connectivity index (χ2v) is 6.49. The Hall–Kier alpha value is -1.66. The minimum absolute atomic E-state index is 0.497. The van der Waals surface area contributed by atoms with Gasteiger partial charge >= 0.3 is 0 Å². The number of benzene rings is 1. The van der Waals surface area contributed by atoms with E-state index >= 15 is 0 Å². The summed E-state index contributed by atoms with van der Waals surface area (Å²) >= 11 is 0. The molecule has 0 amide bonds. The fraction of sp³-hybridized carbons (Fsp3) is 0.550. The quantitative estimate of drug-likeness (QED) is 0.654. The van der Waals surface area contributed by atoms with Crippen LogP contribution in [0.15, 0.2) is 36.2 Å². The van der Waals surface area contributed by atoms with Crippen LogP contribution in [0.25, 0.3) is 0 Å². The zero-order valence-corrected chi connectivity index (χ0v) is 14.1. The van der Waals surface area contributed by atoms with Crippen molar-refractivity contribution in [1.82, 2.24) is 0 Å². The van der Waals surface area contributed by atoms with E-state index in [2.05, 4.69) is 31.2 Å². The molecule has 124 valence electrons. The molecule has 23 heavy (non-hydrogen) atoms. The van der Waals surface area contributed by atoms with Crippen LogP contribution >= 0.6 is 0 Å². The molecule has 0 heterocycles. The molecule has 0 bridgehead atoms. The van der Waals surface area contributed by atoms with Crippen molar-refractivity contribution in [3.05, 3.63) is 47.3 Å². The molecule has 0 atom stereocenters. The number of unbranched alkanes of at least 4 members (excludes halogenated alkanes) is 1. The van der Waals surface area contributed by atoms with Crippen LogP contribution in [0, 0.1) is 11.3 Å². The highest BCUT2D eigenvalue weighted by molar-refractivity contribution is 5.27. The average Bonchev–Trinajstić information content (AvgIpc) is 2.61. The fourth-order valence-electron chi connectivity index (χ4n) is 3.45. The molecule has 0 unspecified atom stereocenters. The van der Waals surface area contributed by atoms with Gasteiger partial charge in [-0.15, -0.1) is 0 Å².